The summed E-state index contributed by atoms with van der Waals surface area (Å²) in [6.07, 6.45) is 0.357. The molecule has 0 aliphatic heterocycles. The van der Waals surface area contributed by atoms with Gasteiger partial charge in [-0.3, -0.25) is 11.3 Å². The van der Waals surface area contributed by atoms with Crippen LogP contribution in [0.1, 0.15) is 19.4 Å². The van der Waals surface area contributed by atoms with Gasteiger partial charge in [-0.05, 0) is 44.0 Å². The summed E-state index contributed by atoms with van der Waals surface area (Å²) in [7, 11) is 0. The van der Waals surface area contributed by atoms with Crippen LogP contribution >= 0.6 is 0 Å². The van der Waals surface area contributed by atoms with E-state index in [1.807, 2.05) is 13.8 Å². The summed E-state index contributed by atoms with van der Waals surface area (Å²) in [6, 6.07) is 3.14. The zero-order chi connectivity index (χ0) is 12.8. The van der Waals surface area contributed by atoms with Crippen molar-refractivity contribution in [3.63, 3.8) is 0 Å². The monoisotopic (exact) mass is 244 g/mol. The van der Waals surface area contributed by atoms with Gasteiger partial charge in [-0.1, -0.05) is 0 Å². The van der Waals surface area contributed by atoms with Crippen molar-refractivity contribution in [2.75, 3.05) is 6.61 Å². The van der Waals surface area contributed by atoms with Gasteiger partial charge in [0.15, 0.2) is 0 Å². The average Bonchev–Trinajstić information content (AvgIpc) is 2.28. The van der Waals surface area contributed by atoms with Crippen molar-refractivity contribution in [2.45, 2.75) is 32.4 Å². The standard InChI is InChI=1S/C12H18F2N2O/c1-8(2)17-7-11(16-15)6-9-5-10(13)3-4-12(9)14/h3-5,8,11,16H,6-7,15H2,1-2H3. The number of nitrogens with two attached hydrogens (primary N) is 1. The number of nitrogens with one attached hydrogen (secondary N) is 1. The predicted molar refractivity (Wildman–Crippen MR) is 62.3 cm³/mol. The van der Waals surface area contributed by atoms with Crippen LogP contribution in [0.3, 0.4) is 0 Å². The van der Waals surface area contributed by atoms with E-state index in [2.05, 4.69) is 5.43 Å². The number of halogens is 2. The molecule has 1 aromatic rings. The molecule has 1 rings (SSSR count). The molecule has 5 heteroatoms. The second-order valence-corrected chi connectivity index (χ2v) is 4.19. The van der Waals surface area contributed by atoms with Gasteiger partial charge in [0.2, 0.25) is 0 Å². The lowest BCUT2D eigenvalue weighted by Gasteiger charge is -2.18. The Morgan fingerprint density at radius 2 is 2.06 bits per heavy atom. The molecule has 96 valence electrons. The third-order valence-corrected chi connectivity index (χ3v) is 2.34. The van der Waals surface area contributed by atoms with E-state index in [4.69, 9.17) is 10.6 Å². The van der Waals surface area contributed by atoms with E-state index in [1.54, 1.807) is 0 Å². The van der Waals surface area contributed by atoms with Crippen LogP contribution in [0, 0.1) is 11.6 Å². The van der Waals surface area contributed by atoms with Gasteiger partial charge < -0.3 is 4.74 Å². The first-order valence-corrected chi connectivity index (χ1v) is 5.54. The van der Waals surface area contributed by atoms with Crippen LogP contribution < -0.4 is 11.3 Å². The average molecular weight is 244 g/mol. The molecule has 1 atom stereocenters. The van der Waals surface area contributed by atoms with Crippen molar-refractivity contribution in [2.24, 2.45) is 5.84 Å². The van der Waals surface area contributed by atoms with Gasteiger partial charge in [0, 0.05) is 6.04 Å². The van der Waals surface area contributed by atoms with Crippen LogP contribution in [0.4, 0.5) is 8.78 Å². The molecule has 17 heavy (non-hydrogen) atoms. The second-order valence-electron chi connectivity index (χ2n) is 4.19. The van der Waals surface area contributed by atoms with E-state index in [0.29, 0.717) is 12.2 Å². The van der Waals surface area contributed by atoms with Crippen LogP contribution in [0.15, 0.2) is 18.2 Å². The Bertz CT molecular complexity index is 358. The molecule has 1 aromatic carbocycles. The molecular weight excluding hydrogens is 226 g/mol. The molecule has 0 heterocycles. The lowest BCUT2D eigenvalue weighted by molar-refractivity contribution is 0.0611. The number of hydrogen-bond donors (Lipinski definition) is 2. The van der Waals surface area contributed by atoms with Crippen LogP contribution in [0.25, 0.3) is 0 Å². The van der Waals surface area contributed by atoms with Crippen molar-refractivity contribution >= 4 is 0 Å². The van der Waals surface area contributed by atoms with Crippen LogP contribution in [0.2, 0.25) is 0 Å². The number of rotatable bonds is 6. The lowest BCUT2D eigenvalue weighted by Crippen LogP contribution is -2.41. The lowest BCUT2D eigenvalue weighted by atomic mass is 10.1. The molecule has 3 nitrogen and oxygen atoms in total. The molecule has 3 N–H and O–H groups in total. The minimum absolute atomic E-state index is 0.0724. The fourth-order valence-corrected chi connectivity index (χ4v) is 1.44. The quantitative estimate of drug-likeness (QED) is 0.592. The van der Waals surface area contributed by atoms with Gasteiger partial charge in [0.05, 0.1) is 12.7 Å². The van der Waals surface area contributed by atoms with E-state index in [-0.39, 0.29) is 18.6 Å². The van der Waals surface area contributed by atoms with Crippen molar-refractivity contribution in [3.05, 3.63) is 35.4 Å². The topological polar surface area (TPSA) is 47.3 Å². The molecule has 1 unspecified atom stereocenters. The first kappa shape index (κ1) is 14.0. The summed E-state index contributed by atoms with van der Waals surface area (Å²) in [4.78, 5) is 0. The maximum absolute atomic E-state index is 13.4. The van der Waals surface area contributed by atoms with Gasteiger partial charge in [0.25, 0.3) is 0 Å². The van der Waals surface area contributed by atoms with E-state index in [0.717, 1.165) is 12.1 Å². The molecule has 0 saturated heterocycles. The fraction of sp³-hybridized carbons (Fsp3) is 0.500. The maximum Gasteiger partial charge on any atom is 0.126 e. The summed E-state index contributed by atoms with van der Waals surface area (Å²) in [5.41, 5.74) is 2.83. The molecular formula is C12H18F2N2O. The first-order chi connectivity index (χ1) is 8.02. The van der Waals surface area contributed by atoms with E-state index >= 15 is 0 Å². The zero-order valence-corrected chi connectivity index (χ0v) is 10.0. The Balaban J connectivity index is 2.63. The highest BCUT2D eigenvalue weighted by Crippen LogP contribution is 2.12. The van der Waals surface area contributed by atoms with Gasteiger partial charge in [-0.25, -0.2) is 8.78 Å². The van der Waals surface area contributed by atoms with Gasteiger partial charge in [-0.15, -0.1) is 0 Å². The Hall–Kier alpha value is -1.04. The number of hydrogen-bond acceptors (Lipinski definition) is 3. The zero-order valence-electron chi connectivity index (χ0n) is 10.0. The molecule has 0 radical (unpaired) electrons. The van der Waals surface area contributed by atoms with Gasteiger partial charge in [0.1, 0.15) is 11.6 Å². The number of benzene rings is 1. The van der Waals surface area contributed by atoms with Crippen LogP contribution in [0.5, 0.6) is 0 Å². The SMILES string of the molecule is CC(C)OCC(Cc1cc(F)ccc1F)NN. The van der Waals surface area contributed by atoms with Crippen molar-refractivity contribution in [3.8, 4) is 0 Å². The Morgan fingerprint density at radius 1 is 1.35 bits per heavy atom. The highest BCUT2D eigenvalue weighted by Gasteiger charge is 2.12. The molecule has 0 aromatic heterocycles. The fourth-order valence-electron chi connectivity index (χ4n) is 1.44. The predicted octanol–water partition coefficient (Wildman–Crippen LogP) is 1.76. The third kappa shape index (κ3) is 4.77. The Kier molecular flexibility index (Phi) is 5.47. The maximum atomic E-state index is 13.4. The smallest absolute Gasteiger partial charge is 0.126 e. The Morgan fingerprint density at radius 3 is 2.65 bits per heavy atom. The third-order valence-electron chi connectivity index (χ3n) is 2.34. The van der Waals surface area contributed by atoms with Gasteiger partial charge in [-0.2, -0.15) is 0 Å². The number of hydrazine groups is 1. The molecule has 0 fully saturated rings. The summed E-state index contributed by atoms with van der Waals surface area (Å²) in [5.74, 6) is 4.46. The number of ether oxygens (including phenoxy) is 1. The first-order valence-electron chi connectivity index (χ1n) is 5.54. The minimum atomic E-state index is -0.457. The van der Waals surface area contributed by atoms with Crippen LogP contribution in [-0.4, -0.2) is 18.8 Å². The largest absolute Gasteiger partial charge is 0.377 e. The molecule has 0 bridgehead atoms. The second kappa shape index (κ2) is 6.64. The molecule has 0 aliphatic rings. The molecule has 0 spiro atoms. The summed E-state index contributed by atoms with van der Waals surface area (Å²) >= 11 is 0. The van der Waals surface area contributed by atoms with Gasteiger partial charge >= 0.3 is 0 Å². The van der Waals surface area contributed by atoms with E-state index in [9.17, 15) is 8.78 Å². The summed E-state index contributed by atoms with van der Waals surface area (Å²) in [6.45, 7) is 4.15. The summed E-state index contributed by atoms with van der Waals surface area (Å²) < 4.78 is 31.7. The molecule has 0 aliphatic carbocycles. The highest BCUT2D eigenvalue weighted by molar-refractivity contribution is 5.19. The minimum Gasteiger partial charge on any atom is -0.377 e. The highest BCUT2D eigenvalue weighted by atomic mass is 19.1. The van der Waals surface area contributed by atoms with Crippen LogP contribution in [-0.2, 0) is 11.2 Å². The summed E-state index contributed by atoms with van der Waals surface area (Å²) in [5, 5.41) is 0. The Labute approximate surface area is 99.9 Å². The van der Waals surface area contributed by atoms with E-state index in [1.165, 1.54) is 6.07 Å². The van der Waals surface area contributed by atoms with E-state index < -0.39 is 11.6 Å². The van der Waals surface area contributed by atoms with Crippen molar-refractivity contribution in [1.29, 1.82) is 0 Å². The normalized spacial score (nSPS) is 13.1. The van der Waals surface area contributed by atoms with Crippen molar-refractivity contribution < 1.29 is 13.5 Å². The van der Waals surface area contributed by atoms with Crippen molar-refractivity contribution in [1.82, 2.24) is 5.43 Å². The molecule has 0 saturated carbocycles. The molecule has 0 amide bonds.